The summed E-state index contributed by atoms with van der Waals surface area (Å²) in [6, 6.07) is 10.8. The van der Waals surface area contributed by atoms with Gasteiger partial charge in [0.15, 0.2) is 0 Å². The van der Waals surface area contributed by atoms with E-state index in [-0.39, 0.29) is 12.5 Å². The summed E-state index contributed by atoms with van der Waals surface area (Å²) in [5, 5.41) is 13.9. The van der Waals surface area contributed by atoms with Gasteiger partial charge >= 0.3 is 12.1 Å². The number of benzene rings is 1. The molecule has 0 spiro atoms. The first-order valence-corrected chi connectivity index (χ1v) is 10.3. The number of nitrogens with one attached hydrogen (secondary N) is 2. The molecule has 0 aromatic heterocycles. The van der Waals surface area contributed by atoms with Crippen molar-refractivity contribution in [2.45, 2.75) is 64.0 Å². The number of hydrogen-bond acceptors (Lipinski definition) is 6. The number of carbonyl (C=O) groups excluding carboxylic acids is 3. The highest BCUT2D eigenvalue weighted by atomic mass is 16.5. The van der Waals surface area contributed by atoms with E-state index in [1.165, 1.54) is 7.11 Å². The zero-order valence-corrected chi connectivity index (χ0v) is 17.5. The molecule has 0 saturated heterocycles. The molecule has 1 rings (SSSR count). The van der Waals surface area contributed by atoms with Crippen LogP contribution in [0.4, 0.5) is 4.79 Å². The molecule has 1 atom stereocenters. The molecule has 0 radical (unpaired) electrons. The summed E-state index contributed by atoms with van der Waals surface area (Å²) >= 11 is 0. The van der Waals surface area contributed by atoms with Crippen molar-refractivity contribution >= 4 is 18.0 Å². The van der Waals surface area contributed by atoms with Crippen molar-refractivity contribution in [2.24, 2.45) is 0 Å². The molecule has 1 aromatic carbocycles. The minimum atomic E-state index is -0.678. The number of methoxy groups -OCH3 is 1. The van der Waals surface area contributed by atoms with E-state index in [4.69, 9.17) is 14.7 Å². The Balaban J connectivity index is 2.12. The van der Waals surface area contributed by atoms with Crippen LogP contribution in [0.3, 0.4) is 0 Å². The van der Waals surface area contributed by atoms with Crippen molar-refractivity contribution in [3.8, 4) is 6.07 Å². The molecule has 0 aliphatic rings. The smallest absolute Gasteiger partial charge is 0.407 e. The summed E-state index contributed by atoms with van der Waals surface area (Å²) in [6.45, 7) is 0.698. The number of unbranched alkanes of at least 4 members (excludes halogenated alkanes) is 4. The van der Waals surface area contributed by atoms with Gasteiger partial charge in [0, 0.05) is 19.4 Å². The maximum absolute atomic E-state index is 12.1. The maximum Gasteiger partial charge on any atom is 0.407 e. The number of esters is 1. The van der Waals surface area contributed by atoms with E-state index in [9.17, 15) is 14.4 Å². The van der Waals surface area contributed by atoms with Crippen LogP contribution in [0.1, 0.15) is 56.9 Å². The largest absolute Gasteiger partial charge is 0.467 e. The van der Waals surface area contributed by atoms with Crippen LogP contribution in [0.15, 0.2) is 30.3 Å². The van der Waals surface area contributed by atoms with Crippen molar-refractivity contribution in [1.82, 2.24) is 10.6 Å². The molecule has 0 saturated carbocycles. The Morgan fingerprint density at radius 1 is 1.07 bits per heavy atom. The van der Waals surface area contributed by atoms with E-state index in [0.717, 1.165) is 18.4 Å². The highest BCUT2D eigenvalue weighted by Crippen LogP contribution is 2.07. The zero-order chi connectivity index (χ0) is 22.0. The van der Waals surface area contributed by atoms with E-state index in [1.54, 1.807) is 0 Å². The number of nitriles is 1. The van der Waals surface area contributed by atoms with E-state index in [0.29, 0.717) is 45.1 Å². The fourth-order valence-electron chi connectivity index (χ4n) is 2.76. The van der Waals surface area contributed by atoms with Crippen LogP contribution in [0, 0.1) is 11.3 Å². The molecule has 2 N–H and O–H groups in total. The van der Waals surface area contributed by atoms with Crippen molar-refractivity contribution in [2.75, 3.05) is 13.7 Å². The predicted molar refractivity (Wildman–Crippen MR) is 111 cm³/mol. The monoisotopic (exact) mass is 417 g/mol. The summed E-state index contributed by atoms with van der Waals surface area (Å²) in [6.07, 6.45) is 4.19. The first-order valence-electron chi connectivity index (χ1n) is 10.3. The van der Waals surface area contributed by atoms with Gasteiger partial charge in [-0.1, -0.05) is 36.8 Å². The second-order valence-electron chi connectivity index (χ2n) is 6.85. The Morgan fingerprint density at radius 2 is 1.83 bits per heavy atom. The average molecular weight is 418 g/mol. The molecule has 2 amide bonds. The molecule has 0 aliphatic carbocycles. The van der Waals surface area contributed by atoms with Crippen LogP contribution in [-0.2, 0) is 25.7 Å². The van der Waals surface area contributed by atoms with Gasteiger partial charge in [-0.25, -0.2) is 9.59 Å². The number of ether oxygens (including phenoxy) is 2. The van der Waals surface area contributed by atoms with Gasteiger partial charge in [0.1, 0.15) is 12.6 Å². The molecule has 0 aliphatic heterocycles. The highest BCUT2D eigenvalue weighted by molar-refractivity contribution is 5.84. The standard InChI is InChI=1S/C22H31N3O5/c1-29-21(27)19(13-7-3-9-15-23)25-20(26)14-8-4-10-16-24-22(28)30-17-18-11-5-2-6-12-18/h2,5-6,11-12,19H,3-4,7-10,13-14,16-17H2,1H3,(H,24,28)(H,25,26)/t19-/m0/s1. The fourth-order valence-corrected chi connectivity index (χ4v) is 2.76. The minimum absolute atomic E-state index is 0.207. The predicted octanol–water partition coefficient (Wildman–Crippen LogP) is 3.21. The van der Waals surface area contributed by atoms with Gasteiger partial charge in [-0.2, -0.15) is 5.26 Å². The van der Waals surface area contributed by atoms with Gasteiger partial charge in [-0.15, -0.1) is 0 Å². The summed E-state index contributed by atoms with van der Waals surface area (Å²) in [7, 11) is 1.29. The zero-order valence-electron chi connectivity index (χ0n) is 17.5. The number of amides is 2. The summed E-state index contributed by atoms with van der Waals surface area (Å²) in [4.78, 5) is 35.5. The summed E-state index contributed by atoms with van der Waals surface area (Å²) in [5.74, 6) is -0.681. The van der Waals surface area contributed by atoms with E-state index < -0.39 is 18.1 Å². The van der Waals surface area contributed by atoms with Crippen LogP contribution in [0.5, 0.6) is 0 Å². The molecule has 164 valence electrons. The Hall–Kier alpha value is -3.08. The number of carbonyl (C=O) groups is 3. The summed E-state index contributed by atoms with van der Waals surface area (Å²) in [5.41, 5.74) is 0.925. The molecule has 8 nitrogen and oxygen atoms in total. The molecule has 0 bridgehead atoms. The second-order valence-corrected chi connectivity index (χ2v) is 6.85. The van der Waals surface area contributed by atoms with E-state index in [2.05, 4.69) is 16.7 Å². The van der Waals surface area contributed by atoms with Gasteiger partial charge in [0.2, 0.25) is 5.91 Å². The molecule has 0 unspecified atom stereocenters. The van der Waals surface area contributed by atoms with Crippen LogP contribution in [-0.4, -0.2) is 37.7 Å². The third-order valence-corrected chi connectivity index (χ3v) is 4.42. The first kappa shape index (κ1) is 25.0. The summed E-state index contributed by atoms with van der Waals surface area (Å²) < 4.78 is 9.85. The lowest BCUT2D eigenvalue weighted by Crippen LogP contribution is -2.41. The van der Waals surface area contributed by atoms with Gasteiger partial charge in [-0.3, -0.25) is 4.79 Å². The third kappa shape index (κ3) is 11.7. The Labute approximate surface area is 177 Å². The van der Waals surface area contributed by atoms with Crippen LogP contribution in [0.2, 0.25) is 0 Å². The van der Waals surface area contributed by atoms with Gasteiger partial charge in [-0.05, 0) is 37.7 Å². The lowest BCUT2D eigenvalue weighted by molar-refractivity contribution is -0.145. The highest BCUT2D eigenvalue weighted by Gasteiger charge is 2.20. The lowest BCUT2D eigenvalue weighted by Gasteiger charge is -2.16. The average Bonchev–Trinajstić information content (AvgIpc) is 2.76. The van der Waals surface area contributed by atoms with Crippen molar-refractivity contribution in [3.63, 3.8) is 0 Å². The first-order chi connectivity index (χ1) is 14.6. The molecule has 0 heterocycles. The second kappa shape index (κ2) is 15.8. The van der Waals surface area contributed by atoms with Crippen molar-refractivity contribution < 1.29 is 23.9 Å². The topological polar surface area (TPSA) is 118 Å². The molecule has 1 aromatic rings. The normalized spacial score (nSPS) is 11.1. The fraction of sp³-hybridized carbons (Fsp3) is 0.545. The third-order valence-electron chi connectivity index (χ3n) is 4.42. The molecular weight excluding hydrogens is 386 g/mol. The Kier molecular flexibility index (Phi) is 13.1. The van der Waals surface area contributed by atoms with Crippen LogP contribution in [0.25, 0.3) is 0 Å². The quantitative estimate of drug-likeness (QED) is 0.354. The van der Waals surface area contributed by atoms with Crippen LogP contribution < -0.4 is 10.6 Å². The molecular formula is C22H31N3O5. The van der Waals surface area contributed by atoms with E-state index in [1.807, 2.05) is 30.3 Å². The molecule has 8 heteroatoms. The van der Waals surface area contributed by atoms with Gasteiger partial charge in [0.05, 0.1) is 13.2 Å². The maximum atomic E-state index is 12.1. The van der Waals surface area contributed by atoms with Gasteiger partial charge < -0.3 is 20.1 Å². The number of alkyl carbamates (subject to hydrolysis) is 1. The van der Waals surface area contributed by atoms with Crippen LogP contribution >= 0.6 is 0 Å². The Morgan fingerprint density at radius 3 is 2.53 bits per heavy atom. The lowest BCUT2D eigenvalue weighted by atomic mass is 10.1. The number of rotatable bonds is 14. The van der Waals surface area contributed by atoms with E-state index >= 15 is 0 Å². The Bertz CT molecular complexity index is 688. The number of nitrogens with zero attached hydrogens (tertiary/aromatic N) is 1. The minimum Gasteiger partial charge on any atom is -0.467 e. The number of hydrogen-bond donors (Lipinski definition) is 2. The van der Waals surface area contributed by atoms with Gasteiger partial charge in [0.25, 0.3) is 0 Å². The molecule has 30 heavy (non-hydrogen) atoms. The van der Waals surface area contributed by atoms with Crippen molar-refractivity contribution in [1.29, 1.82) is 5.26 Å². The SMILES string of the molecule is COC(=O)[C@H](CCCCC#N)NC(=O)CCCCCNC(=O)OCc1ccccc1. The molecule has 0 fully saturated rings. The van der Waals surface area contributed by atoms with Crippen molar-refractivity contribution in [3.05, 3.63) is 35.9 Å².